The molecule has 0 atom stereocenters. The molecule has 1 amide bonds. The quantitative estimate of drug-likeness (QED) is 0.441. The first-order valence-electron chi connectivity index (χ1n) is 9.68. The van der Waals surface area contributed by atoms with Crippen LogP contribution in [0.4, 0.5) is 5.69 Å². The number of ether oxygens (including phenoxy) is 2. The molecule has 7 heteroatoms. The predicted molar refractivity (Wildman–Crippen MR) is 120 cm³/mol. The summed E-state index contributed by atoms with van der Waals surface area (Å²) in [6.45, 7) is 0. The molecule has 1 heterocycles. The van der Waals surface area contributed by atoms with E-state index < -0.39 is 0 Å². The van der Waals surface area contributed by atoms with E-state index in [4.69, 9.17) is 9.47 Å². The van der Waals surface area contributed by atoms with Gasteiger partial charge in [-0.2, -0.15) is 5.10 Å². The zero-order chi connectivity index (χ0) is 21.6. The second kappa shape index (κ2) is 9.04. The molecule has 7 nitrogen and oxygen atoms in total. The van der Waals surface area contributed by atoms with Gasteiger partial charge in [0, 0.05) is 11.8 Å². The Labute approximate surface area is 180 Å². The number of hydrazine groups is 1. The van der Waals surface area contributed by atoms with E-state index in [0.29, 0.717) is 17.1 Å². The molecule has 0 radical (unpaired) electrons. The van der Waals surface area contributed by atoms with Crippen LogP contribution in [-0.4, -0.2) is 29.9 Å². The van der Waals surface area contributed by atoms with Crippen molar-refractivity contribution in [3.05, 3.63) is 90.8 Å². The first kappa shape index (κ1) is 20.0. The Balaban J connectivity index is 1.72. The molecule has 2 N–H and O–H groups in total. The Kier molecular flexibility index (Phi) is 5.84. The normalized spacial score (nSPS) is 10.4. The number of carbonyl (C=O) groups excluding carboxylic acids is 1. The van der Waals surface area contributed by atoms with Crippen molar-refractivity contribution in [1.29, 1.82) is 0 Å². The lowest BCUT2D eigenvalue weighted by molar-refractivity contribution is 0.0958. The zero-order valence-corrected chi connectivity index (χ0v) is 17.2. The average Bonchev–Trinajstić information content (AvgIpc) is 3.29. The Bertz CT molecular complexity index is 1170. The van der Waals surface area contributed by atoms with Crippen molar-refractivity contribution in [2.45, 2.75) is 0 Å². The second-order valence-corrected chi connectivity index (χ2v) is 6.69. The molecule has 0 saturated carbocycles. The Morgan fingerprint density at radius 1 is 0.871 bits per heavy atom. The first-order chi connectivity index (χ1) is 15.2. The number of nitrogens with zero attached hydrogens (tertiary/aromatic N) is 2. The molecule has 0 bridgehead atoms. The van der Waals surface area contributed by atoms with Crippen LogP contribution in [-0.2, 0) is 0 Å². The number of anilines is 1. The van der Waals surface area contributed by atoms with Crippen LogP contribution >= 0.6 is 0 Å². The van der Waals surface area contributed by atoms with Crippen molar-refractivity contribution in [3.8, 4) is 28.3 Å². The van der Waals surface area contributed by atoms with E-state index in [2.05, 4.69) is 16.0 Å². The summed E-state index contributed by atoms with van der Waals surface area (Å²) in [7, 11) is 3.16. The molecular weight excluding hydrogens is 392 g/mol. The van der Waals surface area contributed by atoms with Gasteiger partial charge in [-0.15, -0.1) is 0 Å². The van der Waals surface area contributed by atoms with Crippen LogP contribution < -0.4 is 20.3 Å². The summed E-state index contributed by atoms with van der Waals surface area (Å²) in [5.41, 5.74) is 8.98. The van der Waals surface area contributed by atoms with Crippen LogP contribution in [0.1, 0.15) is 10.5 Å². The lowest BCUT2D eigenvalue weighted by Gasteiger charge is -2.10. The number of benzene rings is 3. The number of amides is 1. The van der Waals surface area contributed by atoms with Gasteiger partial charge in [0.25, 0.3) is 5.91 Å². The van der Waals surface area contributed by atoms with E-state index in [0.717, 1.165) is 16.9 Å². The van der Waals surface area contributed by atoms with Crippen molar-refractivity contribution >= 4 is 11.6 Å². The summed E-state index contributed by atoms with van der Waals surface area (Å²) in [5, 5.41) is 4.56. The number of methoxy groups -OCH3 is 2. The highest BCUT2D eigenvalue weighted by Crippen LogP contribution is 2.34. The highest BCUT2D eigenvalue weighted by Gasteiger charge is 2.20. The minimum Gasteiger partial charge on any atom is -0.493 e. The average molecular weight is 414 g/mol. The van der Waals surface area contributed by atoms with Crippen LogP contribution in [0.15, 0.2) is 85.1 Å². The molecule has 0 aliphatic heterocycles. The predicted octanol–water partition coefficient (Wildman–Crippen LogP) is 4.31. The van der Waals surface area contributed by atoms with Gasteiger partial charge in [0.2, 0.25) is 0 Å². The lowest BCUT2D eigenvalue weighted by atomic mass is 10.1. The van der Waals surface area contributed by atoms with Crippen LogP contribution in [0, 0.1) is 0 Å². The number of para-hydroxylation sites is 2. The molecule has 156 valence electrons. The maximum absolute atomic E-state index is 13.0. The summed E-state index contributed by atoms with van der Waals surface area (Å²) < 4.78 is 12.4. The molecule has 0 unspecified atom stereocenters. The summed E-state index contributed by atoms with van der Waals surface area (Å²) in [6, 6.07) is 24.5. The Hall–Kier alpha value is -4.26. The molecule has 0 aliphatic carbocycles. The fourth-order valence-electron chi connectivity index (χ4n) is 3.18. The highest BCUT2D eigenvalue weighted by molar-refractivity contribution is 5.99. The summed E-state index contributed by atoms with van der Waals surface area (Å²) >= 11 is 0. The topological polar surface area (TPSA) is 77.4 Å². The smallest absolute Gasteiger partial charge is 0.290 e. The summed E-state index contributed by atoms with van der Waals surface area (Å²) in [5.74, 6) is 0.822. The van der Waals surface area contributed by atoms with Gasteiger partial charge < -0.3 is 9.47 Å². The molecule has 4 aromatic rings. The number of nitrogens with one attached hydrogen (secondary N) is 2. The van der Waals surface area contributed by atoms with Crippen LogP contribution in [0.2, 0.25) is 0 Å². The minimum absolute atomic E-state index is 0.277. The largest absolute Gasteiger partial charge is 0.493 e. The fourth-order valence-corrected chi connectivity index (χ4v) is 3.18. The van der Waals surface area contributed by atoms with Gasteiger partial charge >= 0.3 is 0 Å². The molecule has 3 aromatic carbocycles. The van der Waals surface area contributed by atoms with E-state index >= 15 is 0 Å². The van der Waals surface area contributed by atoms with Crippen LogP contribution in [0.5, 0.6) is 11.5 Å². The van der Waals surface area contributed by atoms with Gasteiger partial charge in [-0.1, -0.05) is 42.5 Å². The van der Waals surface area contributed by atoms with Gasteiger partial charge in [-0.3, -0.25) is 15.6 Å². The van der Waals surface area contributed by atoms with Gasteiger partial charge in [0.1, 0.15) is 0 Å². The zero-order valence-electron chi connectivity index (χ0n) is 17.2. The Morgan fingerprint density at radius 3 is 2.23 bits per heavy atom. The second-order valence-electron chi connectivity index (χ2n) is 6.69. The third-order valence-electron chi connectivity index (χ3n) is 4.74. The number of hydrogen-bond acceptors (Lipinski definition) is 5. The first-order valence-corrected chi connectivity index (χ1v) is 9.68. The maximum Gasteiger partial charge on any atom is 0.290 e. The fraction of sp³-hybridized carbons (Fsp3) is 0.0833. The van der Waals surface area contributed by atoms with E-state index in [1.54, 1.807) is 25.0 Å². The van der Waals surface area contributed by atoms with Gasteiger partial charge in [-0.25, -0.2) is 4.68 Å². The van der Waals surface area contributed by atoms with Crippen molar-refractivity contribution in [3.63, 3.8) is 0 Å². The summed E-state index contributed by atoms with van der Waals surface area (Å²) in [4.78, 5) is 13.0. The van der Waals surface area contributed by atoms with E-state index in [1.165, 1.54) is 0 Å². The van der Waals surface area contributed by atoms with Crippen LogP contribution in [0.25, 0.3) is 16.8 Å². The number of aromatic nitrogens is 2. The van der Waals surface area contributed by atoms with Gasteiger partial charge in [0.05, 0.1) is 25.6 Å². The van der Waals surface area contributed by atoms with Crippen molar-refractivity contribution in [1.82, 2.24) is 15.2 Å². The number of rotatable bonds is 7. The van der Waals surface area contributed by atoms with Crippen molar-refractivity contribution in [2.24, 2.45) is 0 Å². The number of carbonyl (C=O) groups is 1. The molecule has 31 heavy (non-hydrogen) atoms. The summed E-state index contributed by atoms with van der Waals surface area (Å²) in [6.07, 6.45) is 1.83. The maximum atomic E-state index is 13.0. The Morgan fingerprint density at radius 2 is 1.55 bits per heavy atom. The third-order valence-corrected chi connectivity index (χ3v) is 4.74. The molecule has 0 fully saturated rings. The van der Waals surface area contributed by atoms with Crippen molar-refractivity contribution in [2.75, 3.05) is 19.6 Å². The lowest BCUT2D eigenvalue weighted by Crippen LogP contribution is -2.30. The molecular formula is C24H22N4O3. The van der Waals surface area contributed by atoms with Gasteiger partial charge in [0.15, 0.2) is 17.2 Å². The number of hydrogen-bond donors (Lipinski definition) is 2. The molecule has 0 spiro atoms. The minimum atomic E-state index is -0.358. The highest BCUT2D eigenvalue weighted by atomic mass is 16.5. The molecule has 1 aromatic heterocycles. The monoisotopic (exact) mass is 414 g/mol. The van der Waals surface area contributed by atoms with E-state index in [9.17, 15) is 4.79 Å². The molecule has 0 aliphatic rings. The van der Waals surface area contributed by atoms with Crippen molar-refractivity contribution < 1.29 is 14.3 Å². The van der Waals surface area contributed by atoms with Crippen LogP contribution in [0.3, 0.4) is 0 Å². The SMILES string of the molecule is COc1ccc(-c2cn(-c3ccccc3)nc2C(=O)NNc2ccccc2)cc1OC. The standard InChI is InChI=1S/C24H22N4O3/c1-30-21-14-13-17(15-22(21)31-2)20-16-28(19-11-7-4-8-12-19)27-23(20)24(29)26-25-18-9-5-3-6-10-18/h3-16,25H,1-2H3,(H,26,29). The molecule has 0 saturated heterocycles. The van der Waals surface area contributed by atoms with E-state index in [1.807, 2.05) is 79.0 Å². The molecule has 4 rings (SSSR count). The van der Waals surface area contributed by atoms with E-state index in [-0.39, 0.29) is 11.6 Å². The van der Waals surface area contributed by atoms with Gasteiger partial charge in [-0.05, 0) is 42.0 Å². The third kappa shape index (κ3) is 4.35.